The molecule has 24 heavy (non-hydrogen) atoms. The molecule has 3 N–H and O–H groups in total. The zero-order chi connectivity index (χ0) is 17.4. The maximum Gasteiger partial charge on any atom is 0.315 e. The first-order valence-electron chi connectivity index (χ1n) is 8.04. The van der Waals surface area contributed by atoms with Gasteiger partial charge in [-0.05, 0) is 36.3 Å². The van der Waals surface area contributed by atoms with Gasteiger partial charge in [0, 0.05) is 19.6 Å². The van der Waals surface area contributed by atoms with Gasteiger partial charge in [0.1, 0.15) is 0 Å². The average Bonchev–Trinajstić information content (AvgIpc) is 2.58. The van der Waals surface area contributed by atoms with Gasteiger partial charge >= 0.3 is 6.03 Å². The van der Waals surface area contributed by atoms with E-state index < -0.39 is 0 Å². The lowest BCUT2D eigenvalue weighted by molar-refractivity contribution is 0.234. The summed E-state index contributed by atoms with van der Waals surface area (Å²) >= 11 is 0. The lowest BCUT2D eigenvalue weighted by atomic mass is 9.98. The van der Waals surface area contributed by atoms with Crippen LogP contribution in [0.3, 0.4) is 0 Å². The van der Waals surface area contributed by atoms with Crippen LogP contribution in [0.4, 0.5) is 4.79 Å². The molecule has 0 aliphatic rings. The fourth-order valence-electron chi connectivity index (χ4n) is 2.52. The van der Waals surface area contributed by atoms with Crippen LogP contribution in [0.25, 0.3) is 11.1 Å². The van der Waals surface area contributed by atoms with Crippen LogP contribution in [0, 0.1) is 0 Å². The number of hydrogen-bond donors (Lipinski definition) is 3. The molecular formula is C19H25N3O2. The Morgan fingerprint density at radius 1 is 1.04 bits per heavy atom. The Morgan fingerprint density at radius 3 is 2.42 bits per heavy atom. The molecule has 0 saturated heterocycles. The number of benzene rings is 2. The Bertz CT molecular complexity index is 654. The Morgan fingerprint density at radius 2 is 1.75 bits per heavy atom. The molecule has 0 atom stereocenters. The molecule has 2 rings (SSSR count). The van der Waals surface area contributed by atoms with Crippen LogP contribution in [-0.2, 0) is 13.1 Å². The highest BCUT2D eigenvalue weighted by Crippen LogP contribution is 2.24. The van der Waals surface area contributed by atoms with Gasteiger partial charge in [-0.3, -0.25) is 0 Å². The minimum atomic E-state index is -0.278. The summed E-state index contributed by atoms with van der Waals surface area (Å²) in [6.45, 7) is 1.53. The summed E-state index contributed by atoms with van der Waals surface area (Å²) in [5, 5.41) is 14.1. The van der Waals surface area contributed by atoms with E-state index in [1.165, 1.54) is 5.56 Å². The van der Waals surface area contributed by atoms with E-state index in [-0.39, 0.29) is 19.2 Å². The number of carbonyl (C=O) groups is 1. The van der Waals surface area contributed by atoms with Gasteiger partial charge in [-0.2, -0.15) is 0 Å². The monoisotopic (exact) mass is 327 g/mol. The van der Waals surface area contributed by atoms with Crippen LogP contribution in [0.5, 0.6) is 0 Å². The molecule has 0 heterocycles. The van der Waals surface area contributed by atoms with E-state index in [1.54, 1.807) is 0 Å². The average molecular weight is 327 g/mol. The summed E-state index contributed by atoms with van der Waals surface area (Å²) in [5.41, 5.74) is 4.56. The van der Waals surface area contributed by atoms with Gasteiger partial charge in [0.05, 0.1) is 6.61 Å². The normalized spacial score (nSPS) is 10.7. The summed E-state index contributed by atoms with van der Waals surface area (Å²) in [4.78, 5) is 13.8. The molecule has 0 bridgehead atoms. The lowest BCUT2D eigenvalue weighted by Crippen LogP contribution is -2.36. The number of nitrogens with zero attached hydrogens (tertiary/aromatic N) is 1. The molecule has 2 aromatic carbocycles. The maximum atomic E-state index is 11.6. The van der Waals surface area contributed by atoms with Crippen LogP contribution in [-0.4, -0.2) is 43.3 Å². The van der Waals surface area contributed by atoms with Crippen molar-refractivity contribution in [1.29, 1.82) is 0 Å². The molecule has 0 aliphatic heterocycles. The van der Waals surface area contributed by atoms with Crippen molar-refractivity contribution in [3.8, 4) is 11.1 Å². The SMILES string of the molecule is CN(C)Cc1ccc(-c2ccccc2CNC(=O)NCCO)cc1. The van der Waals surface area contributed by atoms with E-state index in [2.05, 4.69) is 60.0 Å². The van der Waals surface area contributed by atoms with Crippen LogP contribution in [0.1, 0.15) is 11.1 Å². The number of amides is 2. The molecule has 128 valence electrons. The number of hydrogen-bond acceptors (Lipinski definition) is 3. The van der Waals surface area contributed by atoms with Crippen molar-refractivity contribution < 1.29 is 9.90 Å². The number of rotatable bonds is 7. The predicted octanol–water partition coefficient (Wildman–Crippen LogP) is 2.21. The molecule has 0 unspecified atom stereocenters. The second-order valence-corrected chi connectivity index (χ2v) is 5.92. The molecule has 0 aromatic heterocycles. The van der Waals surface area contributed by atoms with Crippen LogP contribution >= 0.6 is 0 Å². The van der Waals surface area contributed by atoms with Crippen molar-refractivity contribution in [2.24, 2.45) is 0 Å². The molecule has 0 aliphatic carbocycles. The highest BCUT2D eigenvalue weighted by Gasteiger charge is 2.06. The van der Waals surface area contributed by atoms with Crippen molar-refractivity contribution >= 4 is 6.03 Å². The second kappa shape index (κ2) is 9.05. The summed E-state index contributed by atoms with van der Waals surface area (Å²) < 4.78 is 0. The van der Waals surface area contributed by atoms with E-state index in [4.69, 9.17) is 5.11 Å². The highest BCUT2D eigenvalue weighted by atomic mass is 16.3. The molecule has 5 heteroatoms. The van der Waals surface area contributed by atoms with Gasteiger partial charge < -0.3 is 20.6 Å². The number of aliphatic hydroxyl groups excluding tert-OH is 1. The fourth-order valence-corrected chi connectivity index (χ4v) is 2.52. The van der Waals surface area contributed by atoms with Crippen LogP contribution in [0.15, 0.2) is 48.5 Å². The number of urea groups is 1. The largest absolute Gasteiger partial charge is 0.395 e. The van der Waals surface area contributed by atoms with Crippen molar-refractivity contribution in [2.45, 2.75) is 13.1 Å². The Kier molecular flexibility index (Phi) is 6.78. The Labute approximate surface area is 143 Å². The van der Waals surface area contributed by atoms with Crippen molar-refractivity contribution in [3.05, 3.63) is 59.7 Å². The second-order valence-electron chi connectivity index (χ2n) is 5.92. The van der Waals surface area contributed by atoms with Gasteiger partial charge in [0.15, 0.2) is 0 Å². The third kappa shape index (κ3) is 5.37. The van der Waals surface area contributed by atoms with Crippen LogP contribution in [0.2, 0.25) is 0 Å². The van der Waals surface area contributed by atoms with E-state index in [1.807, 2.05) is 18.2 Å². The summed E-state index contributed by atoms with van der Waals surface area (Å²) in [7, 11) is 4.10. The van der Waals surface area contributed by atoms with E-state index in [9.17, 15) is 4.79 Å². The molecule has 2 amide bonds. The zero-order valence-electron chi connectivity index (χ0n) is 14.2. The quantitative estimate of drug-likeness (QED) is 0.730. The van der Waals surface area contributed by atoms with Crippen molar-refractivity contribution in [2.75, 3.05) is 27.2 Å². The third-order valence-electron chi connectivity index (χ3n) is 3.62. The summed E-state index contributed by atoms with van der Waals surface area (Å²) in [5.74, 6) is 0. The minimum Gasteiger partial charge on any atom is -0.395 e. The Balaban J connectivity index is 2.09. The third-order valence-corrected chi connectivity index (χ3v) is 3.62. The van der Waals surface area contributed by atoms with Gasteiger partial charge in [0.2, 0.25) is 0 Å². The van der Waals surface area contributed by atoms with Crippen molar-refractivity contribution in [1.82, 2.24) is 15.5 Å². The molecule has 0 radical (unpaired) electrons. The fraction of sp³-hybridized carbons (Fsp3) is 0.316. The topological polar surface area (TPSA) is 64.6 Å². The molecule has 0 saturated carbocycles. The van der Waals surface area contributed by atoms with Crippen molar-refractivity contribution in [3.63, 3.8) is 0 Å². The van der Waals surface area contributed by atoms with Gasteiger partial charge in [0.25, 0.3) is 0 Å². The zero-order valence-corrected chi connectivity index (χ0v) is 14.2. The first-order chi connectivity index (χ1) is 11.6. The number of aliphatic hydroxyl groups is 1. The standard InChI is InChI=1S/C19H25N3O2/c1-22(2)14-15-7-9-16(10-8-15)18-6-4-3-5-17(18)13-21-19(24)20-11-12-23/h3-10,23H,11-14H2,1-2H3,(H2,20,21,24). The number of nitrogens with one attached hydrogen (secondary N) is 2. The molecule has 2 aromatic rings. The predicted molar refractivity (Wildman–Crippen MR) is 96.6 cm³/mol. The van der Waals surface area contributed by atoms with E-state index in [0.717, 1.165) is 23.2 Å². The van der Waals surface area contributed by atoms with E-state index in [0.29, 0.717) is 6.54 Å². The summed E-state index contributed by atoms with van der Waals surface area (Å²) in [6, 6.07) is 16.2. The molecule has 0 spiro atoms. The maximum absolute atomic E-state index is 11.6. The molecular weight excluding hydrogens is 302 g/mol. The first kappa shape index (κ1) is 18.0. The lowest BCUT2D eigenvalue weighted by Gasteiger charge is -2.13. The van der Waals surface area contributed by atoms with Gasteiger partial charge in [-0.1, -0.05) is 48.5 Å². The van der Waals surface area contributed by atoms with Gasteiger partial charge in [-0.25, -0.2) is 4.79 Å². The molecule has 5 nitrogen and oxygen atoms in total. The smallest absolute Gasteiger partial charge is 0.315 e. The number of carbonyl (C=O) groups excluding carboxylic acids is 1. The van der Waals surface area contributed by atoms with Gasteiger partial charge in [-0.15, -0.1) is 0 Å². The van der Waals surface area contributed by atoms with E-state index >= 15 is 0 Å². The van der Waals surface area contributed by atoms with Crippen LogP contribution < -0.4 is 10.6 Å². The first-order valence-corrected chi connectivity index (χ1v) is 8.04. The minimum absolute atomic E-state index is 0.0662. The highest BCUT2D eigenvalue weighted by molar-refractivity contribution is 5.74. The Hall–Kier alpha value is -2.37. The molecule has 0 fully saturated rings. The summed E-state index contributed by atoms with van der Waals surface area (Å²) in [6.07, 6.45) is 0.